The van der Waals surface area contributed by atoms with Crippen molar-refractivity contribution in [3.05, 3.63) is 24.3 Å². The van der Waals surface area contributed by atoms with Crippen LogP contribution in [0.5, 0.6) is 0 Å². The Morgan fingerprint density at radius 1 is 0.375 bits per heavy atom. The van der Waals surface area contributed by atoms with E-state index in [1.165, 1.54) is 283 Å². The fourth-order valence-corrected chi connectivity index (χ4v) is 10.2. The number of aliphatic hydroxyl groups excluding tert-OH is 2. The third-order valence-corrected chi connectivity index (χ3v) is 15.2. The van der Waals surface area contributed by atoms with Crippen molar-refractivity contribution in [2.45, 2.75) is 373 Å². The number of aliphatic hydroxyl groups is 2. The van der Waals surface area contributed by atoms with Crippen molar-refractivity contribution in [2.75, 3.05) is 13.2 Å². The minimum Gasteiger partial charge on any atom is -0.466 e. The lowest BCUT2D eigenvalue weighted by Gasteiger charge is -2.22. The maximum atomic E-state index is 12.5. The van der Waals surface area contributed by atoms with Crippen LogP contribution < -0.4 is 5.32 Å². The Morgan fingerprint density at radius 3 is 0.986 bits per heavy atom. The summed E-state index contributed by atoms with van der Waals surface area (Å²) in [7, 11) is 0. The summed E-state index contributed by atoms with van der Waals surface area (Å²) in [4.78, 5) is 24.5. The van der Waals surface area contributed by atoms with Gasteiger partial charge in [-0.3, -0.25) is 9.59 Å². The number of esters is 1. The van der Waals surface area contributed by atoms with Crippen LogP contribution in [0.15, 0.2) is 24.3 Å². The highest BCUT2D eigenvalue weighted by atomic mass is 16.5. The van der Waals surface area contributed by atoms with Gasteiger partial charge in [0.1, 0.15) is 0 Å². The second-order valence-corrected chi connectivity index (χ2v) is 22.4. The number of ether oxygens (including phenoxy) is 1. The van der Waals surface area contributed by atoms with Gasteiger partial charge in [0.2, 0.25) is 5.91 Å². The van der Waals surface area contributed by atoms with Crippen molar-refractivity contribution in [1.29, 1.82) is 0 Å². The molecule has 0 spiro atoms. The van der Waals surface area contributed by atoms with E-state index in [9.17, 15) is 19.8 Å². The van der Waals surface area contributed by atoms with Crippen molar-refractivity contribution in [1.82, 2.24) is 5.32 Å². The van der Waals surface area contributed by atoms with Gasteiger partial charge in [-0.25, -0.2) is 0 Å². The lowest BCUT2D eigenvalue weighted by molar-refractivity contribution is -0.143. The normalized spacial score (nSPS) is 12.7. The quantitative estimate of drug-likeness (QED) is 0.0320. The fraction of sp³-hybridized carbons (Fsp3) is 0.909. The maximum Gasteiger partial charge on any atom is 0.305 e. The van der Waals surface area contributed by atoms with Crippen LogP contribution in [0.4, 0.5) is 0 Å². The second-order valence-electron chi connectivity index (χ2n) is 22.4. The van der Waals surface area contributed by atoms with Gasteiger partial charge in [0, 0.05) is 12.8 Å². The van der Waals surface area contributed by atoms with Crippen molar-refractivity contribution in [2.24, 2.45) is 0 Å². The molecule has 0 aromatic rings. The average molecular weight is 1010 g/mol. The summed E-state index contributed by atoms with van der Waals surface area (Å²) in [5.41, 5.74) is 0. The van der Waals surface area contributed by atoms with Crippen molar-refractivity contribution in [3.8, 4) is 0 Å². The zero-order chi connectivity index (χ0) is 52.2. The summed E-state index contributed by atoms with van der Waals surface area (Å²) >= 11 is 0. The van der Waals surface area contributed by atoms with Gasteiger partial charge in [0.05, 0.1) is 25.4 Å². The van der Waals surface area contributed by atoms with E-state index in [1.807, 2.05) is 0 Å². The summed E-state index contributed by atoms with van der Waals surface area (Å²) in [6, 6.07) is -0.541. The highest BCUT2D eigenvalue weighted by Crippen LogP contribution is 2.18. The largest absolute Gasteiger partial charge is 0.466 e. The predicted molar refractivity (Wildman–Crippen MR) is 315 cm³/mol. The summed E-state index contributed by atoms with van der Waals surface area (Å²) in [6.07, 6.45) is 76.3. The van der Waals surface area contributed by atoms with Crippen LogP contribution in [0, 0.1) is 0 Å². The van der Waals surface area contributed by atoms with Gasteiger partial charge >= 0.3 is 5.97 Å². The summed E-state index contributed by atoms with van der Waals surface area (Å²) in [5, 5.41) is 23.3. The van der Waals surface area contributed by atoms with Crippen molar-refractivity contribution in [3.63, 3.8) is 0 Å². The SMILES string of the molecule is CCCCCCCC/C=C\CCCCCCCC(=O)OCCCCCCCCCCCCCC/C=C\CCCCCCCCCCCCCC(=O)NC(CO)C(O)CCCCCCCCCCCCCCC. The van der Waals surface area contributed by atoms with Crippen molar-refractivity contribution >= 4 is 11.9 Å². The molecule has 0 saturated carbocycles. The molecule has 0 aliphatic heterocycles. The van der Waals surface area contributed by atoms with Crippen LogP contribution in [0.1, 0.15) is 361 Å². The van der Waals surface area contributed by atoms with Gasteiger partial charge in [-0.05, 0) is 77.0 Å². The van der Waals surface area contributed by atoms with E-state index in [0.717, 1.165) is 44.9 Å². The zero-order valence-corrected chi connectivity index (χ0v) is 48.7. The van der Waals surface area contributed by atoms with Gasteiger partial charge in [0.15, 0.2) is 0 Å². The molecule has 1 amide bonds. The van der Waals surface area contributed by atoms with E-state index >= 15 is 0 Å². The minimum atomic E-state index is -0.664. The maximum absolute atomic E-state index is 12.5. The number of hydrogen-bond donors (Lipinski definition) is 3. The fourth-order valence-electron chi connectivity index (χ4n) is 10.2. The van der Waals surface area contributed by atoms with Crippen LogP contribution in [0.3, 0.4) is 0 Å². The Labute approximate surface area is 450 Å². The molecule has 6 heteroatoms. The predicted octanol–water partition coefficient (Wildman–Crippen LogP) is 20.6. The topological polar surface area (TPSA) is 95.9 Å². The molecule has 0 aliphatic rings. The number of nitrogens with one attached hydrogen (secondary N) is 1. The van der Waals surface area contributed by atoms with Gasteiger partial charge in [-0.2, -0.15) is 0 Å². The number of amides is 1. The molecule has 0 bridgehead atoms. The minimum absolute atomic E-state index is 0.00757. The lowest BCUT2D eigenvalue weighted by atomic mass is 10.0. The van der Waals surface area contributed by atoms with Gasteiger partial charge in [0.25, 0.3) is 0 Å². The number of carbonyl (C=O) groups excluding carboxylic acids is 2. The highest BCUT2D eigenvalue weighted by Gasteiger charge is 2.20. The first kappa shape index (κ1) is 70.3. The summed E-state index contributed by atoms with van der Waals surface area (Å²) < 4.78 is 5.49. The molecule has 0 radical (unpaired) electrons. The summed E-state index contributed by atoms with van der Waals surface area (Å²) in [6.45, 7) is 4.96. The van der Waals surface area contributed by atoms with Crippen LogP contribution in [0.2, 0.25) is 0 Å². The standard InChI is InChI=1S/C66H127NO5/c1-3-5-7-9-11-13-15-17-31-36-40-44-48-52-56-60-66(71)72-61-57-53-49-45-41-37-33-30-28-26-24-22-20-18-19-21-23-25-27-29-32-35-39-43-47-51-55-59-65(70)67-63(62-68)64(69)58-54-50-46-42-38-34-16-14-12-10-8-6-4-2/h17-19,31,63-64,68-69H,3-16,20-30,32-62H2,1-2H3,(H,67,70)/b19-18-,31-17-. The van der Waals surface area contributed by atoms with E-state index in [2.05, 4.69) is 43.5 Å². The molecule has 0 fully saturated rings. The molecule has 6 nitrogen and oxygen atoms in total. The molecule has 426 valence electrons. The molecule has 0 rings (SSSR count). The van der Waals surface area contributed by atoms with Gasteiger partial charge in [-0.1, -0.05) is 295 Å². The molecule has 0 aromatic heterocycles. The summed E-state index contributed by atoms with van der Waals surface area (Å²) in [5.74, 6) is -0.0269. The van der Waals surface area contributed by atoms with Crippen molar-refractivity contribution < 1.29 is 24.5 Å². The lowest BCUT2D eigenvalue weighted by Crippen LogP contribution is -2.45. The number of rotatable bonds is 61. The first-order valence-electron chi connectivity index (χ1n) is 32.6. The Hall–Kier alpha value is -1.66. The van der Waals surface area contributed by atoms with Crippen LogP contribution in [-0.4, -0.2) is 47.4 Å². The molecular formula is C66H127NO5. The third kappa shape index (κ3) is 57.6. The first-order chi connectivity index (χ1) is 35.5. The van der Waals surface area contributed by atoms with Gasteiger partial charge in [-0.15, -0.1) is 0 Å². The Morgan fingerprint density at radius 2 is 0.653 bits per heavy atom. The van der Waals surface area contributed by atoms with E-state index in [1.54, 1.807) is 0 Å². The van der Waals surface area contributed by atoms with Crippen LogP contribution in [0.25, 0.3) is 0 Å². The van der Waals surface area contributed by atoms with Gasteiger partial charge < -0.3 is 20.3 Å². The number of hydrogen-bond acceptors (Lipinski definition) is 5. The molecule has 3 N–H and O–H groups in total. The Balaban J connectivity index is 3.37. The molecule has 2 atom stereocenters. The van der Waals surface area contributed by atoms with E-state index in [0.29, 0.717) is 25.9 Å². The Kier molecular flexibility index (Phi) is 60.5. The molecule has 0 heterocycles. The smallest absolute Gasteiger partial charge is 0.305 e. The van der Waals surface area contributed by atoms with E-state index in [-0.39, 0.29) is 18.5 Å². The second kappa shape index (κ2) is 61.9. The Bertz CT molecular complexity index is 1120. The molecule has 2 unspecified atom stereocenters. The third-order valence-electron chi connectivity index (χ3n) is 15.2. The molecule has 72 heavy (non-hydrogen) atoms. The molecule has 0 aromatic carbocycles. The van der Waals surface area contributed by atoms with E-state index < -0.39 is 12.1 Å². The van der Waals surface area contributed by atoms with Crippen LogP contribution in [-0.2, 0) is 14.3 Å². The number of carbonyl (C=O) groups is 2. The number of allylic oxidation sites excluding steroid dienone is 4. The highest BCUT2D eigenvalue weighted by molar-refractivity contribution is 5.76. The molecule has 0 aliphatic carbocycles. The van der Waals surface area contributed by atoms with Crippen LogP contribution >= 0.6 is 0 Å². The van der Waals surface area contributed by atoms with E-state index in [4.69, 9.17) is 4.74 Å². The zero-order valence-electron chi connectivity index (χ0n) is 48.7. The first-order valence-corrected chi connectivity index (χ1v) is 32.6. The molecule has 0 saturated heterocycles. The number of unbranched alkanes of at least 4 members (excludes halogenated alkanes) is 46. The molecular weight excluding hydrogens is 887 g/mol. The average Bonchev–Trinajstić information content (AvgIpc) is 3.38. The monoisotopic (exact) mass is 1010 g/mol.